The van der Waals surface area contributed by atoms with Crippen LogP contribution in [0.3, 0.4) is 0 Å². The molecule has 21 heavy (non-hydrogen) atoms. The Bertz CT molecular complexity index is 571. The summed E-state index contributed by atoms with van der Waals surface area (Å²) in [6.45, 7) is 6.87. The number of nitrogens with zero attached hydrogens (tertiary/aromatic N) is 2. The van der Waals surface area contributed by atoms with Crippen LogP contribution < -0.4 is 4.90 Å². The Morgan fingerprint density at radius 3 is 2.29 bits per heavy atom. The van der Waals surface area contributed by atoms with Gasteiger partial charge in [-0.05, 0) is 57.0 Å². The lowest BCUT2D eigenvalue weighted by molar-refractivity contribution is 0.364. The van der Waals surface area contributed by atoms with E-state index in [1.165, 1.54) is 31.6 Å². The highest BCUT2D eigenvalue weighted by Crippen LogP contribution is 2.36. The van der Waals surface area contributed by atoms with Gasteiger partial charge in [-0.1, -0.05) is 23.8 Å². The lowest BCUT2D eigenvalue weighted by atomic mass is 9.91. The fraction of sp³-hybridized carbons (Fsp3) is 0.471. The molecule has 1 fully saturated rings. The quantitative estimate of drug-likeness (QED) is 0.733. The van der Waals surface area contributed by atoms with E-state index in [0.29, 0.717) is 0 Å². The Morgan fingerprint density at radius 2 is 1.71 bits per heavy atom. The van der Waals surface area contributed by atoms with Gasteiger partial charge in [-0.2, -0.15) is 0 Å². The molecule has 0 spiro atoms. The number of rotatable bonds is 2. The van der Waals surface area contributed by atoms with E-state index >= 15 is 0 Å². The van der Waals surface area contributed by atoms with Crippen LogP contribution in [0.15, 0.2) is 36.0 Å². The molecule has 112 valence electrons. The number of benzene rings is 1. The van der Waals surface area contributed by atoms with Crippen LogP contribution in [-0.4, -0.2) is 28.5 Å². The van der Waals surface area contributed by atoms with E-state index in [-0.39, 0.29) is 5.54 Å². The molecule has 2 heterocycles. The van der Waals surface area contributed by atoms with Gasteiger partial charge in [0.25, 0.3) is 0 Å². The van der Waals surface area contributed by atoms with Crippen LogP contribution >= 0.6 is 23.8 Å². The van der Waals surface area contributed by atoms with Gasteiger partial charge in [0.2, 0.25) is 0 Å². The number of thiocarbonyl (C=S) groups is 1. The summed E-state index contributed by atoms with van der Waals surface area (Å²) in [5, 5.41) is 0.757. The topological polar surface area (TPSA) is 6.48 Å². The fourth-order valence-corrected chi connectivity index (χ4v) is 3.97. The number of hydrogen-bond donors (Lipinski definition) is 0. The van der Waals surface area contributed by atoms with Crippen molar-refractivity contribution in [3.63, 3.8) is 0 Å². The minimum atomic E-state index is -0.0163. The summed E-state index contributed by atoms with van der Waals surface area (Å²) in [6.07, 6.45) is 5.80. The zero-order chi connectivity index (χ0) is 15.0. The number of likely N-dealkylation sites (tertiary alicyclic amines) is 1. The average molecular weight is 321 g/mol. The minimum absolute atomic E-state index is 0.0163. The first-order valence-electron chi connectivity index (χ1n) is 7.53. The molecular formula is C17H21ClN2S. The van der Waals surface area contributed by atoms with Crippen LogP contribution in [0.2, 0.25) is 5.02 Å². The van der Waals surface area contributed by atoms with E-state index in [4.69, 9.17) is 23.8 Å². The van der Waals surface area contributed by atoms with E-state index in [9.17, 15) is 0 Å². The monoisotopic (exact) mass is 320 g/mol. The smallest absolute Gasteiger partial charge is 0.108 e. The third-order valence-corrected chi connectivity index (χ3v) is 4.88. The molecule has 0 unspecified atom stereocenters. The molecule has 0 atom stereocenters. The predicted molar refractivity (Wildman–Crippen MR) is 94.1 cm³/mol. The van der Waals surface area contributed by atoms with Crippen molar-refractivity contribution >= 4 is 34.5 Å². The molecule has 2 nitrogen and oxygen atoms in total. The molecular weight excluding hydrogens is 300 g/mol. The van der Waals surface area contributed by atoms with Gasteiger partial charge in [-0.3, -0.25) is 0 Å². The second-order valence-electron chi connectivity index (χ2n) is 6.47. The molecule has 0 bridgehead atoms. The first-order chi connectivity index (χ1) is 9.97. The molecule has 0 amide bonds. The summed E-state index contributed by atoms with van der Waals surface area (Å²) in [6, 6.07) is 7.95. The van der Waals surface area contributed by atoms with E-state index < -0.39 is 0 Å². The van der Waals surface area contributed by atoms with E-state index in [1.807, 2.05) is 24.3 Å². The van der Waals surface area contributed by atoms with Crippen LogP contribution in [0.1, 0.15) is 33.1 Å². The van der Waals surface area contributed by atoms with Gasteiger partial charge in [-0.25, -0.2) is 0 Å². The average Bonchev–Trinajstić information content (AvgIpc) is 2.93. The highest BCUT2D eigenvalue weighted by molar-refractivity contribution is 7.81. The van der Waals surface area contributed by atoms with E-state index in [0.717, 1.165) is 22.1 Å². The van der Waals surface area contributed by atoms with E-state index in [1.54, 1.807) is 0 Å². The fourth-order valence-electron chi connectivity index (χ4n) is 3.35. The molecule has 3 rings (SSSR count). The van der Waals surface area contributed by atoms with Gasteiger partial charge in [-0.15, -0.1) is 0 Å². The molecule has 0 N–H and O–H groups in total. The van der Waals surface area contributed by atoms with E-state index in [2.05, 4.69) is 29.7 Å². The maximum absolute atomic E-state index is 6.00. The van der Waals surface area contributed by atoms with Gasteiger partial charge in [0.05, 0.1) is 0 Å². The maximum atomic E-state index is 6.00. The Morgan fingerprint density at radius 1 is 1.10 bits per heavy atom. The molecule has 0 radical (unpaired) electrons. The van der Waals surface area contributed by atoms with Crippen molar-refractivity contribution in [2.75, 3.05) is 18.0 Å². The standard InChI is InChI=1S/C17H21ClN2S/c1-17(2)12-15(19-9-3-4-10-19)11-16(21)20(17)14-7-5-13(18)6-8-14/h5-8,11H,3-4,9-10,12H2,1-2H3. The van der Waals surface area contributed by atoms with Crippen molar-refractivity contribution in [1.82, 2.24) is 4.90 Å². The highest BCUT2D eigenvalue weighted by atomic mass is 35.5. The summed E-state index contributed by atoms with van der Waals surface area (Å²) < 4.78 is 0. The number of anilines is 1. The Kier molecular flexibility index (Phi) is 3.98. The van der Waals surface area contributed by atoms with Gasteiger partial charge in [0, 0.05) is 41.5 Å². The van der Waals surface area contributed by atoms with Crippen molar-refractivity contribution in [3.8, 4) is 0 Å². The molecule has 0 aromatic heterocycles. The summed E-state index contributed by atoms with van der Waals surface area (Å²) in [4.78, 5) is 5.64. The van der Waals surface area contributed by atoms with Crippen LogP contribution in [0.25, 0.3) is 0 Å². The highest BCUT2D eigenvalue weighted by Gasteiger charge is 2.36. The van der Waals surface area contributed by atoms with Crippen LogP contribution in [0.4, 0.5) is 5.69 Å². The van der Waals surface area contributed by atoms with Crippen LogP contribution in [-0.2, 0) is 0 Å². The Labute approximate surface area is 137 Å². The molecule has 2 aliphatic heterocycles. The largest absolute Gasteiger partial charge is 0.375 e. The number of halogens is 1. The summed E-state index contributed by atoms with van der Waals surface area (Å²) >= 11 is 11.7. The van der Waals surface area contributed by atoms with Crippen LogP contribution in [0.5, 0.6) is 0 Å². The molecule has 0 saturated carbocycles. The Hall–Kier alpha value is -1.06. The van der Waals surface area contributed by atoms with Crippen molar-refractivity contribution in [2.24, 2.45) is 0 Å². The second kappa shape index (κ2) is 5.62. The zero-order valence-electron chi connectivity index (χ0n) is 12.6. The second-order valence-corrected chi connectivity index (χ2v) is 7.32. The molecule has 2 aliphatic rings. The van der Waals surface area contributed by atoms with Crippen LogP contribution in [0, 0.1) is 0 Å². The van der Waals surface area contributed by atoms with Crippen molar-refractivity contribution in [1.29, 1.82) is 0 Å². The molecule has 1 aromatic carbocycles. The van der Waals surface area contributed by atoms with Crippen molar-refractivity contribution in [3.05, 3.63) is 41.1 Å². The maximum Gasteiger partial charge on any atom is 0.108 e. The molecule has 1 saturated heterocycles. The first-order valence-corrected chi connectivity index (χ1v) is 8.31. The first kappa shape index (κ1) is 14.9. The molecule has 1 aromatic rings. The summed E-state index contributed by atoms with van der Waals surface area (Å²) in [7, 11) is 0. The minimum Gasteiger partial charge on any atom is -0.375 e. The molecule has 0 aliphatic carbocycles. The van der Waals surface area contributed by atoms with Gasteiger partial charge >= 0.3 is 0 Å². The Balaban J connectivity index is 1.91. The lowest BCUT2D eigenvalue weighted by Crippen LogP contribution is -2.51. The van der Waals surface area contributed by atoms with Crippen molar-refractivity contribution in [2.45, 2.75) is 38.6 Å². The van der Waals surface area contributed by atoms with Gasteiger partial charge < -0.3 is 9.80 Å². The third kappa shape index (κ3) is 2.95. The molecule has 4 heteroatoms. The van der Waals surface area contributed by atoms with Crippen molar-refractivity contribution < 1.29 is 0 Å². The van der Waals surface area contributed by atoms with Gasteiger partial charge in [0.15, 0.2) is 0 Å². The SMILES string of the molecule is CC1(C)CC(N2CCCC2)=CC(=S)N1c1ccc(Cl)cc1. The normalized spacial score (nSPS) is 21.7. The zero-order valence-corrected chi connectivity index (χ0v) is 14.2. The summed E-state index contributed by atoms with van der Waals surface area (Å²) in [5.74, 6) is 0. The predicted octanol–water partition coefficient (Wildman–Crippen LogP) is 4.64. The number of hydrogen-bond acceptors (Lipinski definition) is 2. The lowest BCUT2D eigenvalue weighted by Gasteiger charge is -2.45. The van der Waals surface area contributed by atoms with Gasteiger partial charge in [0.1, 0.15) is 4.99 Å². The summed E-state index contributed by atoms with van der Waals surface area (Å²) in [5.41, 5.74) is 2.50. The third-order valence-electron chi connectivity index (χ3n) is 4.33.